The number of aromatic nitrogens is 2. The van der Waals surface area contributed by atoms with Gasteiger partial charge < -0.3 is 9.30 Å². The molecule has 2 atom stereocenters. The SMILES string of the molecule is CC(Cl)c1nc2ccc(F)cc2n1C1CCCOC1. The van der Waals surface area contributed by atoms with Crippen molar-refractivity contribution in [1.29, 1.82) is 0 Å². The number of benzene rings is 1. The van der Waals surface area contributed by atoms with Gasteiger partial charge in [0.2, 0.25) is 0 Å². The molecule has 1 aromatic carbocycles. The van der Waals surface area contributed by atoms with Gasteiger partial charge in [-0.2, -0.15) is 0 Å². The van der Waals surface area contributed by atoms with Crippen LogP contribution in [0.25, 0.3) is 11.0 Å². The lowest BCUT2D eigenvalue weighted by molar-refractivity contribution is 0.0595. The molecule has 3 rings (SSSR count). The predicted molar refractivity (Wildman–Crippen MR) is 73.0 cm³/mol. The highest BCUT2D eigenvalue weighted by Crippen LogP contribution is 2.31. The summed E-state index contributed by atoms with van der Waals surface area (Å²) in [5.41, 5.74) is 1.59. The zero-order chi connectivity index (χ0) is 13.4. The van der Waals surface area contributed by atoms with Crippen molar-refractivity contribution in [2.45, 2.75) is 31.2 Å². The molecule has 2 unspecified atom stereocenters. The summed E-state index contributed by atoms with van der Waals surface area (Å²) in [5, 5.41) is -0.211. The van der Waals surface area contributed by atoms with Crippen LogP contribution in [-0.2, 0) is 4.74 Å². The molecule has 0 N–H and O–H groups in total. The number of halogens is 2. The molecule has 1 aliphatic heterocycles. The molecule has 1 aliphatic rings. The van der Waals surface area contributed by atoms with Crippen LogP contribution in [0.5, 0.6) is 0 Å². The van der Waals surface area contributed by atoms with Crippen molar-refractivity contribution in [2.24, 2.45) is 0 Å². The van der Waals surface area contributed by atoms with Gasteiger partial charge in [-0.25, -0.2) is 9.37 Å². The summed E-state index contributed by atoms with van der Waals surface area (Å²) < 4.78 is 21.1. The number of ether oxygens (including phenoxy) is 1. The molecule has 0 spiro atoms. The second-order valence-corrected chi connectivity index (χ2v) is 5.61. The number of alkyl halides is 1. The first-order valence-corrected chi connectivity index (χ1v) is 6.99. The molecule has 2 aromatic rings. The van der Waals surface area contributed by atoms with E-state index in [9.17, 15) is 4.39 Å². The fourth-order valence-electron chi connectivity index (χ4n) is 2.68. The minimum Gasteiger partial charge on any atom is -0.379 e. The Balaban J connectivity index is 2.17. The van der Waals surface area contributed by atoms with Gasteiger partial charge in [0.05, 0.1) is 29.1 Å². The standard InChI is InChI=1S/C14H16ClFN2O/c1-9(15)14-17-12-5-4-10(16)7-13(12)18(14)11-3-2-6-19-8-11/h4-5,7,9,11H,2-3,6,8H2,1H3. The maximum Gasteiger partial charge on any atom is 0.128 e. The number of nitrogens with zero attached hydrogens (tertiary/aromatic N) is 2. The first kappa shape index (κ1) is 12.9. The monoisotopic (exact) mass is 282 g/mol. The maximum absolute atomic E-state index is 13.5. The van der Waals surface area contributed by atoms with Gasteiger partial charge in [-0.3, -0.25) is 0 Å². The highest BCUT2D eigenvalue weighted by Gasteiger charge is 2.24. The predicted octanol–water partition coefficient (Wildman–Crippen LogP) is 3.83. The number of hydrogen-bond acceptors (Lipinski definition) is 2. The van der Waals surface area contributed by atoms with Crippen molar-refractivity contribution in [3.05, 3.63) is 29.8 Å². The number of rotatable bonds is 2. The van der Waals surface area contributed by atoms with Crippen molar-refractivity contribution in [2.75, 3.05) is 13.2 Å². The average molecular weight is 283 g/mol. The van der Waals surface area contributed by atoms with Gasteiger partial charge in [0.15, 0.2) is 0 Å². The van der Waals surface area contributed by atoms with E-state index >= 15 is 0 Å². The molecule has 1 aromatic heterocycles. The van der Waals surface area contributed by atoms with Gasteiger partial charge in [0.25, 0.3) is 0 Å². The van der Waals surface area contributed by atoms with E-state index in [1.807, 2.05) is 6.92 Å². The Morgan fingerprint density at radius 2 is 2.37 bits per heavy atom. The number of hydrogen-bond donors (Lipinski definition) is 0. The molecule has 2 heterocycles. The third kappa shape index (κ3) is 2.35. The molecule has 19 heavy (non-hydrogen) atoms. The highest BCUT2D eigenvalue weighted by atomic mass is 35.5. The molecule has 0 radical (unpaired) electrons. The lowest BCUT2D eigenvalue weighted by Gasteiger charge is -2.26. The smallest absolute Gasteiger partial charge is 0.128 e. The van der Waals surface area contributed by atoms with Gasteiger partial charge in [-0.05, 0) is 38.0 Å². The van der Waals surface area contributed by atoms with E-state index in [1.165, 1.54) is 12.1 Å². The number of fused-ring (bicyclic) bond motifs is 1. The maximum atomic E-state index is 13.5. The average Bonchev–Trinajstić information content (AvgIpc) is 2.78. The van der Waals surface area contributed by atoms with Crippen LogP contribution in [0.15, 0.2) is 18.2 Å². The van der Waals surface area contributed by atoms with Crippen LogP contribution in [0.1, 0.15) is 37.0 Å². The van der Waals surface area contributed by atoms with Crippen molar-refractivity contribution in [3.63, 3.8) is 0 Å². The van der Waals surface area contributed by atoms with Gasteiger partial charge in [0.1, 0.15) is 11.6 Å². The Morgan fingerprint density at radius 1 is 1.53 bits per heavy atom. The summed E-state index contributed by atoms with van der Waals surface area (Å²) >= 11 is 6.22. The van der Waals surface area contributed by atoms with Crippen LogP contribution in [0.4, 0.5) is 4.39 Å². The fraction of sp³-hybridized carbons (Fsp3) is 0.500. The molecule has 0 saturated carbocycles. The lowest BCUT2D eigenvalue weighted by atomic mass is 10.1. The van der Waals surface area contributed by atoms with Gasteiger partial charge in [-0.1, -0.05) is 0 Å². The summed E-state index contributed by atoms with van der Waals surface area (Å²) in [6, 6.07) is 4.85. The van der Waals surface area contributed by atoms with Crippen molar-refractivity contribution in [3.8, 4) is 0 Å². The van der Waals surface area contributed by atoms with Crippen LogP contribution < -0.4 is 0 Å². The molecular weight excluding hydrogens is 267 g/mol. The summed E-state index contributed by atoms with van der Waals surface area (Å²) in [4.78, 5) is 4.54. The van der Waals surface area contributed by atoms with Crippen LogP contribution >= 0.6 is 11.6 Å². The molecule has 1 fully saturated rings. The van der Waals surface area contributed by atoms with E-state index in [4.69, 9.17) is 16.3 Å². The molecule has 3 nitrogen and oxygen atoms in total. The van der Waals surface area contributed by atoms with Crippen molar-refractivity contribution >= 4 is 22.6 Å². The summed E-state index contributed by atoms with van der Waals surface area (Å²) in [5.74, 6) is 0.539. The largest absolute Gasteiger partial charge is 0.379 e. The van der Waals surface area contributed by atoms with Gasteiger partial charge >= 0.3 is 0 Å². The Labute approximate surface area is 116 Å². The third-order valence-corrected chi connectivity index (χ3v) is 3.73. The van der Waals surface area contributed by atoms with E-state index in [2.05, 4.69) is 9.55 Å². The Bertz CT molecular complexity index is 590. The first-order valence-electron chi connectivity index (χ1n) is 6.56. The topological polar surface area (TPSA) is 27.1 Å². The summed E-state index contributed by atoms with van der Waals surface area (Å²) in [6.45, 7) is 3.32. The minimum atomic E-state index is -0.251. The normalized spacial score (nSPS) is 21.7. The van der Waals surface area contributed by atoms with E-state index in [1.54, 1.807) is 6.07 Å². The third-order valence-electron chi connectivity index (χ3n) is 3.54. The van der Waals surface area contributed by atoms with E-state index in [0.29, 0.717) is 6.61 Å². The van der Waals surface area contributed by atoms with Crippen molar-refractivity contribution < 1.29 is 9.13 Å². The van der Waals surface area contributed by atoms with Gasteiger partial charge in [0, 0.05) is 6.61 Å². The zero-order valence-electron chi connectivity index (χ0n) is 10.8. The molecule has 5 heteroatoms. The van der Waals surface area contributed by atoms with E-state index in [-0.39, 0.29) is 17.2 Å². The van der Waals surface area contributed by atoms with Gasteiger partial charge in [-0.15, -0.1) is 11.6 Å². The Kier molecular flexibility index (Phi) is 3.46. The zero-order valence-corrected chi connectivity index (χ0v) is 11.5. The fourth-order valence-corrected chi connectivity index (χ4v) is 2.83. The highest BCUT2D eigenvalue weighted by molar-refractivity contribution is 6.20. The molecule has 102 valence electrons. The molecule has 0 bridgehead atoms. The Morgan fingerprint density at radius 3 is 3.05 bits per heavy atom. The molecule has 0 aliphatic carbocycles. The van der Waals surface area contributed by atoms with Crippen LogP contribution in [0.3, 0.4) is 0 Å². The Hall–Kier alpha value is -1.13. The van der Waals surface area contributed by atoms with Crippen LogP contribution in [0.2, 0.25) is 0 Å². The van der Waals surface area contributed by atoms with Crippen molar-refractivity contribution in [1.82, 2.24) is 9.55 Å². The molecule has 1 saturated heterocycles. The minimum absolute atomic E-state index is 0.191. The first-order chi connectivity index (χ1) is 9.16. The van der Waals surface area contributed by atoms with Crippen LogP contribution in [-0.4, -0.2) is 22.8 Å². The van der Waals surface area contributed by atoms with E-state index < -0.39 is 0 Å². The van der Waals surface area contributed by atoms with E-state index in [0.717, 1.165) is 36.3 Å². The summed E-state index contributed by atoms with van der Waals surface area (Å²) in [7, 11) is 0. The van der Waals surface area contributed by atoms with Crippen LogP contribution in [0, 0.1) is 5.82 Å². The quantitative estimate of drug-likeness (QED) is 0.783. The summed E-state index contributed by atoms with van der Waals surface area (Å²) in [6.07, 6.45) is 2.02. The number of imidazole rings is 1. The second kappa shape index (κ2) is 5.10. The molecule has 0 amide bonds. The molecular formula is C14H16ClFN2O. The lowest BCUT2D eigenvalue weighted by Crippen LogP contribution is -2.23. The second-order valence-electron chi connectivity index (χ2n) is 4.96.